The lowest BCUT2D eigenvalue weighted by Crippen LogP contribution is -2.19. The second-order valence-corrected chi connectivity index (χ2v) is 6.31. The van der Waals surface area contributed by atoms with Crippen LogP contribution in [0.2, 0.25) is 10.0 Å². The summed E-state index contributed by atoms with van der Waals surface area (Å²) in [6, 6.07) is 14.0. The smallest absolute Gasteiger partial charge is 0.308 e. The Morgan fingerprint density at radius 1 is 1.04 bits per heavy atom. The predicted octanol–water partition coefficient (Wildman–Crippen LogP) is 5.76. The highest BCUT2D eigenvalue weighted by atomic mass is 35.5. The van der Waals surface area contributed by atoms with Crippen LogP contribution < -0.4 is 10.6 Å². The fraction of sp³-hybridized carbons (Fsp3) is 0. The summed E-state index contributed by atoms with van der Waals surface area (Å²) in [6.07, 6.45) is 0. The molecule has 0 unspecified atom stereocenters. The third-order valence-electron chi connectivity index (χ3n) is 2.96. The van der Waals surface area contributed by atoms with Crippen molar-refractivity contribution in [1.82, 2.24) is 4.98 Å². The summed E-state index contributed by atoms with van der Waals surface area (Å²) >= 11 is 13.4. The van der Waals surface area contributed by atoms with E-state index in [2.05, 4.69) is 15.6 Å². The molecule has 116 valence electrons. The van der Waals surface area contributed by atoms with Gasteiger partial charge in [-0.15, -0.1) is 11.3 Å². The van der Waals surface area contributed by atoms with Crippen LogP contribution in [0.15, 0.2) is 53.9 Å². The number of anilines is 2. The molecule has 3 rings (SSSR count). The van der Waals surface area contributed by atoms with Crippen LogP contribution in [0.5, 0.6) is 0 Å². The minimum Gasteiger partial charge on any atom is -0.308 e. The molecule has 2 amide bonds. The van der Waals surface area contributed by atoms with Gasteiger partial charge in [0.05, 0.1) is 5.69 Å². The highest BCUT2D eigenvalue weighted by molar-refractivity contribution is 7.14. The molecule has 23 heavy (non-hydrogen) atoms. The summed E-state index contributed by atoms with van der Waals surface area (Å²) in [4.78, 5) is 16.4. The number of carbonyl (C=O) groups is 1. The molecule has 0 saturated heterocycles. The van der Waals surface area contributed by atoms with E-state index in [1.54, 1.807) is 30.3 Å². The van der Waals surface area contributed by atoms with Crippen molar-refractivity contribution in [3.8, 4) is 11.3 Å². The van der Waals surface area contributed by atoms with Crippen LogP contribution in [0.25, 0.3) is 11.3 Å². The molecule has 2 N–H and O–H groups in total. The molecule has 0 saturated carbocycles. The summed E-state index contributed by atoms with van der Waals surface area (Å²) in [5, 5.41) is 8.89. The van der Waals surface area contributed by atoms with Crippen LogP contribution in [-0.4, -0.2) is 11.0 Å². The molecule has 0 fully saturated rings. The molecule has 0 bridgehead atoms. The topological polar surface area (TPSA) is 54.0 Å². The molecular formula is C16H11Cl2N3OS. The largest absolute Gasteiger partial charge is 0.325 e. The number of hydrogen-bond acceptors (Lipinski definition) is 3. The third-order valence-corrected chi connectivity index (χ3v) is 4.28. The van der Waals surface area contributed by atoms with E-state index < -0.39 is 0 Å². The minimum atomic E-state index is -0.382. The first-order valence-corrected chi connectivity index (χ1v) is 8.29. The molecule has 4 nitrogen and oxygen atoms in total. The zero-order chi connectivity index (χ0) is 16.2. The maximum absolute atomic E-state index is 12.0. The number of aromatic nitrogens is 1. The fourth-order valence-electron chi connectivity index (χ4n) is 1.95. The van der Waals surface area contributed by atoms with Gasteiger partial charge in [0.15, 0.2) is 5.13 Å². The lowest BCUT2D eigenvalue weighted by molar-refractivity contribution is 0.262. The second-order valence-electron chi connectivity index (χ2n) is 4.61. The average Bonchev–Trinajstić information content (AvgIpc) is 2.95. The Balaban J connectivity index is 1.69. The molecule has 1 aromatic heterocycles. The summed E-state index contributed by atoms with van der Waals surface area (Å²) in [6.45, 7) is 0. The summed E-state index contributed by atoms with van der Waals surface area (Å²) in [7, 11) is 0. The number of benzene rings is 2. The lowest BCUT2D eigenvalue weighted by atomic mass is 10.2. The lowest BCUT2D eigenvalue weighted by Gasteiger charge is -2.05. The number of carbonyl (C=O) groups excluding carboxylic acids is 1. The van der Waals surface area contributed by atoms with Crippen molar-refractivity contribution in [2.45, 2.75) is 0 Å². The van der Waals surface area contributed by atoms with E-state index >= 15 is 0 Å². The Morgan fingerprint density at radius 3 is 2.65 bits per heavy atom. The van der Waals surface area contributed by atoms with Crippen molar-refractivity contribution in [2.24, 2.45) is 0 Å². The Morgan fingerprint density at radius 2 is 1.87 bits per heavy atom. The number of thiazole rings is 1. The number of amides is 2. The minimum absolute atomic E-state index is 0.382. The zero-order valence-corrected chi connectivity index (χ0v) is 14.0. The monoisotopic (exact) mass is 363 g/mol. The van der Waals surface area contributed by atoms with Crippen molar-refractivity contribution in [2.75, 3.05) is 10.6 Å². The van der Waals surface area contributed by atoms with Gasteiger partial charge in [-0.1, -0.05) is 47.5 Å². The van der Waals surface area contributed by atoms with E-state index in [9.17, 15) is 4.79 Å². The maximum Gasteiger partial charge on any atom is 0.325 e. The van der Waals surface area contributed by atoms with E-state index in [4.69, 9.17) is 23.2 Å². The first-order valence-electron chi connectivity index (χ1n) is 6.66. The number of rotatable bonds is 3. The van der Waals surface area contributed by atoms with Crippen LogP contribution in [-0.2, 0) is 0 Å². The average molecular weight is 364 g/mol. The number of hydrogen-bond donors (Lipinski definition) is 2. The Bertz CT molecular complexity index is 851. The standard InChI is InChI=1S/C16H11Cl2N3OS/c17-10-4-3-5-11(8-10)19-15(22)21-16-20-14(9-23-16)12-6-1-2-7-13(12)18/h1-9H,(H2,19,20,21,22). The van der Waals surface area contributed by atoms with Crippen LogP contribution in [0.4, 0.5) is 15.6 Å². The van der Waals surface area contributed by atoms with Gasteiger partial charge < -0.3 is 5.32 Å². The molecule has 3 aromatic rings. The van der Waals surface area contributed by atoms with Crippen LogP contribution in [0.3, 0.4) is 0 Å². The van der Waals surface area contributed by atoms with Crippen molar-refractivity contribution in [1.29, 1.82) is 0 Å². The van der Waals surface area contributed by atoms with Gasteiger partial charge in [-0.3, -0.25) is 5.32 Å². The number of nitrogens with zero attached hydrogens (tertiary/aromatic N) is 1. The second kappa shape index (κ2) is 7.00. The molecular weight excluding hydrogens is 353 g/mol. The molecule has 0 aliphatic heterocycles. The van der Waals surface area contributed by atoms with E-state index in [0.717, 1.165) is 11.3 Å². The van der Waals surface area contributed by atoms with Crippen molar-refractivity contribution in [3.63, 3.8) is 0 Å². The quantitative estimate of drug-likeness (QED) is 0.621. The Kier molecular flexibility index (Phi) is 4.81. The SMILES string of the molecule is O=C(Nc1cccc(Cl)c1)Nc1nc(-c2ccccc2Cl)cs1. The normalized spacial score (nSPS) is 10.3. The van der Waals surface area contributed by atoms with E-state index in [1.165, 1.54) is 11.3 Å². The van der Waals surface area contributed by atoms with Gasteiger partial charge in [0.1, 0.15) is 0 Å². The van der Waals surface area contributed by atoms with Crippen LogP contribution in [0, 0.1) is 0 Å². The molecule has 0 spiro atoms. The maximum atomic E-state index is 12.0. The zero-order valence-electron chi connectivity index (χ0n) is 11.7. The first-order chi connectivity index (χ1) is 11.1. The number of nitrogens with one attached hydrogen (secondary N) is 2. The number of urea groups is 1. The first kappa shape index (κ1) is 15.8. The summed E-state index contributed by atoms with van der Waals surface area (Å²) in [5.74, 6) is 0. The van der Waals surface area contributed by atoms with Gasteiger partial charge in [0.25, 0.3) is 0 Å². The summed E-state index contributed by atoms with van der Waals surface area (Å²) in [5.41, 5.74) is 2.16. The number of halogens is 2. The van der Waals surface area contributed by atoms with E-state index in [1.807, 2.05) is 23.6 Å². The Labute approximate surface area is 147 Å². The van der Waals surface area contributed by atoms with Crippen LogP contribution >= 0.6 is 34.5 Å². The molecule has 0 radical (unpaired) electrons. The van der Waals surface area contributed by atoms with Gasteiger partial charge >= 0.3 is 6.03 Å². The molecule has 0 aliphatic carbocycles. The van der Waals surface area contributed by atoms with Crippen molar-refractivity contribution >= 4 is 51.4 Å². The van der Waals surface area contributed by atoms with Crippen LogP contribution in [0.1, 0.15) is 0 Å². The molecule has 7 heteroatoms. The van der Waals surface area contributed by atoms with Gasteiger partial charge in [-0.05, 0) is 24.3 Å². The predicted molar refractivity (Wildman–Crippen MR) is 96.7 cm³/mol. The third kappa shape index (κ3) is 4.01. The van der Waals surface area contributed by atoms with Gasteiger partial charge in [-0.2, -0.15) is 0 Å². The fourth-order valence-corrected chi connectivity index (χ4v) is 3.08. The van der Waals surface area contributed by atoms with E-state index in [0.29, 0.717) is 20.9 Å². The molecule has 1 heterocycles. The van der Waals surface area contributed by atoms with Crippen molar-refractivity contribution < 1.29 is 4.79 Å². The van der Waals surface area contributed by atoms with E-state index in [-0.39, 0.29) is 6.03 Å². The summed E-state index contributed by atoms with van der Waals surface area (Å²) < 4.78 is 0. The molecule has 2 aromatic carbocycles. The highest BCUT2D eigenvalue weighted by Crippen LogP contribution is 2.30. The Hall–Kier alpha value is -2.08. The molecule has 0 atom stereocenters. The van der Waals surface area contributed by atoms with Gasteiger partial charge in [0.2, 0.25) is 0 Å². The van der Waals surface area contributed by atoms with Gasteiger partial charge in [-0.25, -0.2) is 9.78 Å². The van der Waals surface area contributed by atoms with Gasteiger partial charge in [0, 0.05) is 26.7 Å². The highest BCUT2D eigenvalue weighted by Gasteiger charge is 2.10. The molecule has 0 aliphatic rings. The van der Waals surface area contributed by atoms with Crippen molar-refractivity contribution in [3.05, 3.63) is 64.0 Å².